The quantitative estimate of drug-likeness (QED) is 0.207. The van der Waals surface area contributed by atoms with Crippen LogP contribution < -0.4 is 10.9 Å². The van der Waals surface area contributed by atoms with E-state index in [1.807, 2.05) is 6.07 Å². The fraction of sp³-hybridized carbons (Fsp3) is 0.304. The molecule has 3 aromatic heterocycles. The van der Waals surface area contributed by atoms with E-state index in [1.54, 1.807) is 16.9 Å². The van der Waals surface area contributed by atoms with Gasteiger partial charge in [0.25, 0.3) is 5.56 Å². The fourth-order valence-corrected chi connectivity index (χ4v) is 5.90. The molecular weight excluding hydrogens is 511 g/mol. The number of fused-ring (bicyclic) bond motifs is 1. The Kier molecular flexibility index (Phi) is 7.14. The summed E-state index contributed by atoms with van der Waals surface area (Å²) in [6.07, 6.45) is 3.52. The van der Waals surface area contributed by atoms with E-state index >= 15 is 0 Å². The largest absolute Gasteiger partial charge is 0.467 e. The maximum Gasteiger partial charge on any atom is 0.278 e. The van der Waals surface area contributed by atoms with Gasteiger partial charge in [0.15, 0.2) is 14.8 Å². The molecule has 182 valence electrons. The summed E-state index contributed by atoms with van der Waals surface area (Å²) in [5, 5.41) is 3.18. The number of hydrogen-bond acceptors (Lipinski definition) is 8. The Labute approximate surface area is 212 Å². The second-order valence-electron chi connectivity index (χ2n) is 7.93. The molecule has 5 rings (SSSR count). The minimum atomic E-state index is -0.418. The number of furan rings is 1. The van der Waals surface area contributed by atoms with Crippen molar-refractivity contribution in [1.82, 2.24) is 19.4 Å². The number of amides is 1. The first kappa shape index (κ1) is 23.9. The minimum absolute atomic E-state index is 0.0349. The Balaban J connectivity index is 1.50. The van der Waals surface area contributed by atoms with Gasteiger partial charge in [-0.15, -0.1) is 0 Å². The van der Waals surface area contributed by atoms with E-state index in [2.05, 4.69) is 5.32 Å². The van der Waals surface area contributed by atoms with Gasteiger partial charge < -0.3 is 14.5 Å². The summed E-state index contributed by atoms with van der Waals surface area (Å²) in [5.74, 6) is 0.115. The van der Waals surface area contributed by atoms with Crippen molar-refractivity contribution in [2.45, 2.75) is 30.6 Å². The van der Waals surface area contributed by atoms with Crippen molar-refractivity contribution in [2.75, 3.05) is 18.9 Å². The Morgan fingerprint density at radius 1 is 1.31 bits per heavy atom. The number of aromatic nitrogens is 3. The van der Waals surface area contributed by atoms with E-state index in [9.17, 15) is 14.0 Å². The molecule has 1 aliphatic heterocycles. The molecule has 1 aliphatic rings. The molecule has 12 heteroatoms. The molecule has 1 aromatic carbocycles. The number of carbonyl (C=O) groups is 1. The molecular formula is C23H21FN4O4S3. The Hall–Kier alpha value is -2.80. The summed E-state index contributed by atoms with van der Waals surface area (Å²) in [5.41, 5.74) is 0.533. The predicted octanol–water partition coefficient (Wildman–Crippen LogP) is 4.15. The monoisotopic (exact) mass is 532 g/mol. The number of carbonyl (C=O) groups excluding carboxylic acids is 1. The predicted molar refractivity (Wildman–Crippen MR) is 135 cm³/mol. The Morgan fingerprint density at radius 2 is 2.14 bits per heavy atom. The smallest absolute Gasteiger partial charge is 0.278 e. The van der Waals surface area contributed by atoms with Crippen molar-refractivity contribution in [3.8, 4) is 5.69 Å². The Bertz CT molecular complexity index is 1460. The van der Waals surface area contributed by atoms with Crippen LogP contribution in [0.25, 0.3) is 16.0 Å². The zero-order valence-electron chi connectivity index (χ0n) is 18.4. The van der Waals surface area contributed by atoms with Crippen molar-refractivity contribution in [1.29, 1.82) is 0 Å². The summed E-state index contributed by atoms with van der Waals surface area (Å²) in [4.78, 5) is 30.8. The SMILES string of the molecule is O=C(CSc1nc2c(sc(=S)n2Cc2ccco2)c(=O)n1-c1ccc(F)cc1)NC[C@@H]1CCCO1. The van der Waals surface area contributed by atoms with Gasteiger partial charge in [-0.05, 0) is 61.5 Å². The molecule has 8 nitrogen and oxygen atoms in total. The molecule has 1 saturated heterocycles. The van der Waals surface area contributed by atoms with E-state index in [1.165, 1.54) is 28.8 Å². The van der Waals surface area contributed by atoms with Crippen LogP contribution >= 0.6 is 35.3 Å². The number of rotatable bonds is 8. The summed E-state index contributed by atoms with van der Waals surface area (Å²) in [7, 11) is 0. The van der Waals surface area contributed by atoms with Gasteiger partial charge in [-0.2, -0.15) is 0 Å². The molecule has 0 saturated carbocycles. The van der Waals surface area contributed by atoms with Crippen molar-refractivity contribution in [2.24, 2.45) is 0 Å². The zero-order chi connectivity index (χ0) is 24.4. The summed E-state index contributed by atoms with van der Waals surface area (Å²) >= 11 is 7.81. The first-order valence-electron chi connectivity index (χ1n) is 11.0. The maximum absolute atomic E-state index is 13.6. The topological polar surface area (TPSA) is 91.3 Å². The van der Waals surface area contributed by atoms with Gasteiger partial charge in [-0.25, -0.2) is 9.37 Å². The minimum Gasteiger partial charge on any atom is -0.467 e. The average molecular weight is 533 g/mol. The number of hydrogen-bond donors (Lipinski definition) is 1. The van der Waals surface area contributed by atoms with Gasteiger partial charge in [-0.1, -0.05) is 23.1 Å². The van der Waals surface area contributed by atoms with E-state index in [4.69, 9.17) is 26.4 Å². The van der Waals surface area contributed by atoms with Crippen molar-refractivity contribution >= 4 is 51.6 Å². The van der Waals surface area contributed by atoms with Crippen LogP contribution in [0.1, 0.15) is 18.6 Å². The highest BCUT2D eigenvalue weighted by molar-refractivity contribution is 7.99. The van der Waals surface area contributed by atoms with E-state index in [0.717, 1.165) is 35.9 Å². The lowest BCUT2D eigenvalue weighted by Crippen LogP contribution is -2.33. The first-order chi connectivity index (χ1) is 17.0. The number of halogens is 1. The van der Waals surface area contributed by atoms with Gasteiger partial charge in [0.2, 0.25) is 5.91 Å². The lowest BCUT2D eigenvalue weighted by molar-refractivity contribution is -0.119. The van der Waals surface area contributed by atoms with Crippen molar-refractivity contribution < 1.29 is 18.3 Å². The molecule has 1 N–H and O–H groups in total. The summed E-state index contributed by atoms with van der Waals surface area (Å²) in [6, 6.07) is 9.16. The van der Waals surface area contributed by atoms with E-state index in [-0.39, 0.29) is 23.3 Å². The molecule has 0 bridgehead atoms. The van der Waals surface area contributed by atoms with Crippen LogP contribution in [0.4, 0.5) is 4.39 Å². The summed E-state index contributed by atoms with van der Waals surface area (Å²) in [6.45, 7) is 1.49. The number of nitrogens with one attached hydrogen (secondary N) is 1. The number of thioether (sulfide) groups is 1. The molecule has 0 aliphatic carbocycles. The normalized spacial score (nSPS) is 15.6. The number of ether oxygens (including phenoxy) is 1. The standard InChI is InChI=1S/C23H21FN4O4S3/c24-14-5-7-15(8-6-14)28-21(30)19-20(27(23(33)35-19)12-17-4-2-10-32-17)26-22(28)34-13-18(29)25-11-16-3-1-9-31-16/h2,4-8,10,16H,1,3,9,11-13H2,(H,25,29)/t16-/m0/s1. The van der Waals surface area contributed by atoms with Gasteiger partial charge in [0, 0.05) is 13.2 Å². The maximum atomic E-state index is 13.6. The van der Waals surface area contributed by atoms with Crippen LogP contribution in [0.5, 0.6) is 0 Å². The van der Waals surface area contributed by atoms with Gasteiger partial charge in [-0.3, -0.25) is 18.7 Å². The lowest BCUT2D eigenvalue weighted by atomic mass is 10.2. The first-order valence-corrected chi connectivity index (χ1v) is 13.2. The van der Waals surface area contributed by atoms with Gasteiger partial charge >= 0.3 is 0 Å². The summed E-state index contributed by atoms with van der Waals surface area (Å²) < 4.78 is 28.5. The molecule has 0 radical (unpaired) electrons. The van der Waals surface area contributed by atoms with E-state index < -0.39 is 5.82 Å². The van der Waals surface area contributed by atoms with Gasteiger partial charge in [0.1, 0.15) is 16.3 Å². The average Bonchev–Trinajstić information content (AvgIpc) is 3.61. The molecule has 1 fully saturated rings. The number of nitrogens with zero attached hydrogens (tertiary/aromatic N) is 3. The van der Waals surface area contributed by atoms with Crippen LogP contribution in [0, 0.1) is 9.77 Å². The lowest BCUT2D eigenvalue weighted by Gasteiger charge is -2.13. The number of benzene rings is 1. The third-order valence-corrected chi connectivity index (χ3v) is 7.89. The van der Waals surface area contributed by atoms with Gasteiger partial charge in [0.05, 0.1) is 30.4 Å². The second kappa shape index (κ2) is 10.4. The highest BCUT2D eigenvalue weighted by Crippen LogP contribution is 2.26. The van der Waals surface area contributed by atoms with Crippen LogP contribution in [0.3, 0.4) is 0 Å². The second-order valence-corrected chi connectivity index (χ2v) is 10.5. The molecule has 0 unspecified atom stereocenters. The zero-order valence-corrected chi connectivity index (χ0v) is 20.9. The molecule has 1 atom stereocenters. The third kappa shape index (κ3) is 5.25. The molecule has 0 spiro atoms. The molecule has 4 aromatic rings. The number of thiazole rings is 1. The molecule has 1 amide bonds. The highest BCUT2D eigenvalue weighted by atomic mass is 32.2. The van der Waals surface area contributed by atoms with Crippen LogP contribution in [0.15, 0.2) is 57.0 Å². The van der Waals surface area contributed by atoms with Crippen molar-refractivity contribution in [3.05, 3.63) is 68.5 Å². The van der Waals surface area contributed by atoms with Crippen LogP contribution in [0.2, 0.25) is 0 Å². The third-order valence-electron chi connectivity index (χ3n) is 5.52. The van der Waals surface area contributed by atoms with Crippen molar-refractivity contribution in [3.63, 3.8) is 0 Å². The van der Waals surface area contributed by atoms with E-state index in [0.29, 0.717) is 50.6 Å². The Morgan fingerprint density at radius 3 is 2.86 bits per heavy atom. The molecule has 4 heterocycles. The highest BCUT2D eigenvalue weighted by Gasteiger charge is 2.21. The van der Waals surface area contributed by atoms with Crippen LogP contribution in [-0.2, 0) is 16.1 Å². The molecule has 35 heavy (non-hydrogen) atoms. The fourth-order valence-electron chi connectivity index (χ4n) is 3.80. The van der Waals surface area contributed by atoms with Crippen LogP contribution in [-0.4, -0.2) is 45.0 Å².